The molecule has 0 saturated heterocycles. The molecular formula is C13H18N2O5. The highest BCUT2D eigenvalue weighted by Crippen LogP contribution is 2.25. The van der Waals surface area contributed by atoms with Crippen molar-refractivity contribution in [2.75, 3.05) is 19.8 Å². The number of amides is 1. The molecule has 1 rings (SSSR count). The molecule has 1 aromatic rings. The largest absolute Gasteiger partial charge is 0.477 e. The molecule has 0 aliphatic rings. The summed E-state index contributed by atoms with van der Waals surface area (Å²) in [6.07, 6.45) is 0.602. The molecule has 0 spiro atoms. The van der Waals surface area contributed by atoms with Crippen LogP contribution in [-0.4, -0.2) is 35.7 Å². The molecule has 110 valence electrons. The highest BCUT2D eigenvalue weighted by atomic mass is 16.6. The number of nitro benzene ring substituents is 1. The van der Waals surface area contributed by atoms with Crippen LogP contribution in [0.3, 0.4) is 0 Å². The molecule has 0 heterocycles. The van der Waals surface area contributed by atoms with E-state index in [1.165, 1.54) is 18.2 Å². The Morgan fingerprint density at radius 1 is 1.50 bits per heavy atom. The Labute approximate surface area is 116 Å². The number of nitrogens with zero attached hydrogens (tertiary/aromatic N) is 1. The smallest absolute Gasteiger partial charge is 0.310 e. The van der Waals surface area contributed by atoms with E-state index in [1.807, 2.05) is 6.92 Å². The van der Waals surface area contributed by atoms with Gasteiger partial charge in [-0.15, -0.1) is 0 Å². The van der Waals surface area contributed by atoms with Crippen molar-refractivity contribution in [1.29, 1.82) is 0 Å². The van der Waals surface area contributed by atoms with E-state index < -0.39 is 4.92 Å². The Balaban J connectivity index is 2.43. The number of hydrogen-bond donors (Lipinski definition) is 2. The fourth-order valence-electron chi connectivity index (χ4n) is 1.53. The summed E-state index contributed by atoms with van der Waals surface area (Å²) in [5.41, 5.74) is -0.172. The number of aliphatic hydroxyl groups excluding tert-OH is 1. The van der Waals surface area contributed by atoms with Crippen molar-refractivity contribution in [2.24, 2.45) is 5.92 Å². The van der Waals surface area contributed by atoms with Gasteiger partial charge in [0.05, 0.1) is 4.92 Å². The zero-order chi connectivity index (χ0) is 15.0. The van der Waals surface area contributed by atoms with E-state index in [-0.39, 0.29) is 36.5 Å². The number of para-hydroxylation sites is 2. The van der Waals surface area contributed by atoms with Gasteiger partial charge < -0.3 is 15.2 Å². The van der Waals surface area contributed by atoms with Crippen LogP contribution in [0.15, 0.2) is 24.3 Å². The van der Waals surface area contributed by atoms with E-state index in [0.29, 0.717) is 13.0 Å². The van der Waals surface area contributed by atoms with Gasteiger partial charge in [0.15, 0.2) is 12.4 Å². The van der Waals surface area contributed by atoms with Crippen molar-refractivity contribution in [2.45, 2.75) is 13.3 Å². The lowest BCUT2D eigenvalue weighted by Crippen LogP contribution is -2.32. The van der Waals surface area contributed by atoms with Crippen molar-refractivity contribution in [3.05, 3.63) is 34.4 Å². The van der Waals surface area contributed by atoms with Gasteiger partial charge in [-0.05, 0) is 18.4 Å². The number of nitro groups is 1. The fraction of sp³-hybridized carbons (Fsp3) is 0.462. The van der Waals surface area contributed by atoms with Gasteiger partial charge in [0.1, 0.15) is 0 Å². The summed E-state index contributed by atoms with van der Waals surface area (Å²) in [6.45, 7) is 2.12. The van der Waals surface area contributed by atoms with Crippen molar-refractivity contribution in [3.63, 3.8) is 0 Å². The summed E-state index contributed by atoms with van der Waals surface area (Å²) in [6, 6.07) is 5.89. The Bertz CT molecular complexity index is 464. The van der Waals surface area contributed by atoms with Crippen LogP contribution in [0.4, 0.5) is 5.69 Å². The second kappa shape index (κ2) is 8.11. The number of ether oxygens (including phenoxy) is 1. The molecule has 0 fully saturated rings. The van der Waals surface area contributed by atoms with E-state index in [2.05, 4.69) is 5.32 Å². The Hall–Kier alpha value is -2.15. The molecule has 1 unspecified atom stereocenters. The Morgan fingerprint density at radius 2 is 2.20 bits per heavy atom. The van der Waals surface area contributed by atoms with E-state index in [4.69, 9.17) is 9.84 Å². The molecule has 0 saturated carbocycles. The first-order valence-corrected chi connectivity index (χ1v) is 6.28. The quantitative estimate of drug-likeness (QED) is 0.549. The number of aliphatic hydroxyl groups is 1. The fourth-order valence-corrected chi connectivity index (χ4v) is 1.53. The SMILES string of the molecule is CC(CCO)CNC(=O)COc1ccccc1[N+](=O)[O-]. The molecule has 0 aliphatic carbocycles. The first-order valence-electron chi connectivity index (χ1n) is 6.28. The van der Waals surface area contributed by atoms with E-state index >= 15 is 0 Å². The molecule has 7 heteroatoms. The maximum atomic E-state index is 11.5. The average molecular weight is 282 g/mol. The summed E-state index contributed by atoms with van der Waals surface area (Å²) >= 11 is 0. The lowest BCUT2D eigenvalue weighted by molar-refractivity contribution is -0.385. The van der Waals surface area contributed by atoms with Gasteiger partial charge in [0, 0.05) is 19.2 Å². The molecule has 1 aromatic carbocycles. The van der Waals surface area contributed by atoms with Crippen molar-refractivity contribution in [1.82, 2.24) is 5.32 Å². The Morgan fingerprint density at radius 3 is 2.85 bits per heavy atom. The number of benzene rings is 1. The topological polar surface area (TPSA) is 102 Å². The number of rotatable bonds is 8. The maximum Gasteiger partial charge on any atom is 0.310 e. The van der Waals surface area contributed by atoms with Crippen molar-refractivity contribution < 1.29 is 19.6 Å². The molecule has 0 aromatic heterocycles. The minimum Gasteiger partial charge on any atom is -0.477 e. The van der Waals surface area contributed by atoms with Gasteiger partial charge in [0.2, 0.25) is 0 Å². The Kier molecular flexibility index (Phi) is 6.45. The predicted octanol–water partition coefficient (Wildman–Crippen LogP) is 1.11. The highest BCUT2D eigenvalue weighted by Gasteiger charge is 2.15. The van der Waals surface area contributed by atoms with Crippen molar-refractivity contribution >= 4 is 11.6 Å². The molecule has 0 aliphatic heterocycles. The van der Waals surface area contributed by atoms with Gasteiger partial charge >= 0.3 is 5.69 Å². The van der Waals surface area contributed by atoms with Crippen LogP contribution in [-0.2, 0) is 4.79 Å². The third-order valence-electron chi connectivity index (χ3n) is 2.69. The minimum atomic E-state index is -0.559. The summed E-state index contributed by atoms with van der Waals surface area (Å²) in [4.78, 5) is 21.7. The normalized spacial score (nSPS) is 11.7. The maximum absolute atomic E-state index is 11.5. The molecule has 1 amide bonds. The third kappa shape index (κ3) is 5.23. The second-order valence-electron chi connectivity index (χ2n) is 4.44. The number of nitrogens with one attached hydrogen (secondary N) is 1. The second-order valence-corrected chi connectivity index (χ2v) is 4.44. The monoisotopic (exact) mass is 282 g/mol. The lowest BCUT2D eigenvalue weighted by Gasteiger charge is -2.11. The van der Waals surface area contributed by atoms with E-state index in [0.717, 1.165) is 0 Å². The van der Waals surface area contributed by atoms with Gasteiger partial charge in [-0.25, -0.2) is 0 Å². The molecule has 0 bridgehead atoms. The molecule has 2 N–H and O–H groups in total. The minimum absolute atomic E-state index is 0.0658. The van der Waals surface area contributed by atoms with Gasteiger partial charge in [0.25, 0.3) is 5.91 Å². The molecule has 7 nitrogen and oxygen atoms in total. The summed E-state index contributed by atoms with van der Waals surface area (Å²) in [7, 11) is 0. The van der Waals surface area contributed by atoms with Crippen LogP contribution < -0.4 is 10.1 Å². The average Bonchev–Trinajstić information content (AvgIpc) is 2.43. The first kappa shape index (κ1) is 15.9. The standard InChI is InChI=1S/C13H18N2O5/c1-10(6-7-16)8-14-13(17)9-20-12-5-3-2-4-11(12)15(18)19/h2-5,10,16H,6-9H2,1H3,(H,14,17). The van der Waals surface area contributed by atoms with E-state index in [9.17, 15) is 14.9 Å². The van der Waals surface area contributed by atoms with Gasteiger partial charge in [-0.1, -0.05) is 19.1 Å². The van der Waals surface area contributed by atoms with Gasteiger partial charge in [-0.2, -0.15) is 0 Å². The first-order chi connectivity index (χ1) is 9.54. The van der Waals surface area contributed by atoms with Crippen molar-refractivity contribution in [3.8, 4) is 5.75 Å². The van der Waals surface area contributed by atoms with Crippen LogP contribution >= 0.6 is 0 Å². The number of carbonyl (C=O) groups excluding carboxylic acids is 1. The molecular weight excluding hydrogens is 264 g/mol. The third-order valence-corrected chi connectivity index (χ3v) is 2.69. The van der Waals surface area contributed by atoms with Crippen LogP contribution in [0.5, 0.6) is 5.75 Å². The highest BCUT2D eigenvalue weighted by molar-refractivity contribution is 5.77. The van der Waals surface area contributed by atoms with Crippen LogP contribution in [0.25, 0.3) is 0 Å². The van der Waals surface area contributed by atoms with Crippen LogP contribution in [0.2, 0.25) is 0 Å². The summed E-state index contributed by atoms with van der Waals surface area (Å²) in [5, 5.41) is 22.1. The van der Waals surface area contributed by atoms with E-state index in [1.54, 1.807) is 6.07 Å². The molecule has 0 radical (unpaired) electrons. The zero-order valence-corrected chi connectivity index (χ0v) is 11.2. The van der Waals surface area contributed by atoms with Crippen LogP contribution in [0.1, 0.15) is 13.3 Å². The predicted molar refractivity (Wildman–Crippen MR) is 72.5 cm³/mol. The summed E-state index contributed by atoms with van der Waals surface area (Å²) in [5.74, 6) is -0.126. The molecule has 20 heavy (non-hydrogen) atoms. The lowest BCUT2D eigenvalue weighted by atomic mass is 10.1. The summed E-state index contributed by atoms with van der Waals surface area (Å²) < 4.78 is 5.15. The number of hydrogen-bond acceptors (Lipinski definition) is 5. The number of carbonyl (C=O) groups is 1. The van der Waals surface area contributed by atoms with Crippen LogP contribution in [0, 0.1) is 16.0 Å². The zero-order valence-electron chi connectivity index (χ0n) is 11.2. The van der Waals surface area contributed by atoms with Gasteiger partial charge in [-0.3, -0.25) is 14.9 Å². The molecule has 1 atom stereocenters.